The summed E-state index contributed by atoms with van der Waals surface area (Å²) in [6, 6.07) is 20.3. The number of rotatable bonds is 6. The summed E-state index contributed by atoms with van der Waals surface area (Å²) in [5.41, 5.74) is 1.98. The fourth-order valence-electron chi connectivity index (χ4n) is 2.51. The van der Waals surface area contributed by atoms with Crippen molar-refractivity contribution in [3.8, 4) is 11.5 Å². The van der Waals surface area contributed by atoms with E-state index in [-0.39, 0.29) is 23.8 Å². The van der Waals surface area contributed by atoms with Crippen LogP contribution in [0.5, 0.6) is 11.5 Å². The van der Waals surface area contributed by atoms with Crippen LogP contribution >= 0.6 is 0 Å². The summed E-state index contributed by atoms with van der Waals surface area (Å²) in [5, 5.41) is 12.7. The Bertz CT molecular complexity index is 968. The second-order valence-corrected chi connectivity index (χ2v) is 5.98. The molecule has 0 saturated carbocycles. The molecule has 0 atom stereocenters. The van der Waals surface area contributed by atoms with Crippen molar-refractivity contribution >= 4 is 17.6 Å². The number of methoxy groups -OCH3 is 1. The standard InChI is InChI=1S/C22H19NO5/c1-27-18-11-12-19(20(24)13-18)22(26)28-14-15-7-9-16(10-8-15)21(25)23-17-5-3-2-4-6-17/h2-13,24H,14H2,1H3,(H,23,25). The molecule has 0 fully saturated rings. The van der Waals surface area contributed by atoms with E-state index in [0.29, 0.717) is 17.0 Å². The number of amides is 1. The zero-order chi connectivity index (χ0) is 19.9. The fraction of sp³-hybridized carbons (Fsp3) is 0.0909. The lowest BCUT2D eigenvalue weighted by atomic mass is 10.1. The number of anilines is 1. The van der Waals surface area contributed by atoms with E-state index in [9.17, 15) is 14.7 Å². The van der Waals surface area contributed by atoms with Crippen LogP contribution in [0.4, 0.5) is 5.69 Å². The number of phenols is 1. The molecule has 142 valence electrons. The lowest BCUT2D eigenvalue weighted by Crippen LogP contribution is -2.12. The van der Waals surface area contributed by atoms with Crippen LogP contribution in [0, 0.1) is 0 Å². The van der Waals surface area contributed by atoms with E-state index < -0.39 is 5.97 Å². The number of para-hydroxylation sites is 1. The second-order valence-electron chi connectivity index (χ2n) is 5.98. The maximum absolute atomic E-state index is 12.2. The number of hydrogen-bond acceptors (Lipinski definition) is 5. The average molecular weight is 377 g/mol. The van der Waals surface area contributed by atoms with Gasteiger partial charge in [-0.25, -0.2) is 4.79 Å². The molecule has 2 N–H and O–H groups in total. The monoisotopic (exact) mass is 377 g/mol. The molecule has 3 aromatic rings. The van der Waals surface area contributed by atoms with Crippen LogP contribution in [0.15, 0.2) is 72.8 Å². The van der Waals surface area contributed by atoms with Crippen LogP contribution in [-0.2, 0) is 11.3 Å². The maximum atomic E-state index is 12.2. The minimum absolute atomic E-state index is 0.0187. The van der Waals surface area contributed by atoms with E-state index in [4.69, 9.17) is 9.47 Å². The molecule has 0 spiro atoms. The summed E-state index contributed by atoms with van der Waals surface area (Å²) in [4.78, 5) is 24.4. The van der Waals surface area contributed by atoms with E-state index in [2.05, 4.69) is 5.32 Å². The first kappa shape index (κ1) is 19.0. The van der Waals surface area contributed by atoms with Crippen molar-refractivity contribution < 1.29 is 24.2 Å². The zero-order valence-electron chi connectivity index (χ0n) is 15.2. The number of esters is 1. The summed E-state index contributed by atoms with van der Waals surface area (Å²) in [6.07, 6.45) is 0. The van der Waals surface area contributed by atoms with Crippen LogP contribution in [0.3, 0.4) is 0 Å². The zero-order valence-corrected chi connectivity index (χ0v) is 15.2. The summed E-state index contributed by atoms with van der Waals surface area (Å²) in [6.45, 7) is 0.0187. The molecule has 6 heteroatoms. The van der Waals surface area contributed by atoms with Crippen molar-refractivity contribution in [3.05, 3.63) is 89.5 Å². The highest BCUT2D eigenvalue weighted by molar-refractivity contribution is 6.04. The second kappa shape index (κ2) is 8.73. The molecule has 0 unspecified atom stereocenters. The van der Waals surface area contributed by atoms with Crippen molar-refractivity contribution in [1.29, 1.82) is 0 Å². The van der Waals surface area contributed by atoms with Gasteiger partial charge in [0.15, 0.2) is 0 Å². The largest absolute Gasteiger partial charge is 0.507 e. The highest BCUT2D eigenvalue weighted by atomic mass is 16.5. The number of nitrogens with one attached hydrogen (secondary N) is 1. The van der Waals surface area contributed by atoms with Crippen molar-refractivity contribution in [2.24, 2.45) is 0 Å². The molecule has 0 bridgehead atoms. The summed E-state index contributed by atoms with van der Waals surface area (Å²) < 4.78 is 10.2. The number of carbonyl (C=O) groups is 2. The molecule has 0 radical (unpaired) electrons. The average Bonchev–Trinajstić information content (AvgIpc) is 2.73. The normalized spacial score (nSPS) is 10.2. The first-order valence-corrected chi connectivity index (χ1v) is 8.56. The first-order valence-electron chi connectivity index (χ1n) is 8.56. The highest BCUT2D eigenvalue weighted by Gasteiger charge is 2.14. The van der Waals surface area contributed by atoms with Gasteiger partial charge < -0.3 is 19.9 Å². The first-order chi connectivity index (χ1) is 13.6. The van der Waals surface area contributed by atoms with Crippen molar-refractivity contribution in [3.63, 3.8) is 0 Å². The lowest BCUT2D eigenvalue weighted by Gasteiger charge is -2.09. The Morgan fingerprint density at radius 3 is 2.32 bits per heavy atom. The van der Waals surface area contributed by atoms with Crippen LogP contribution in [0.1, 0.15) is 26.3 Å². The predicted octanol–water partition coefficient (Wildman–Crippen LogP) is 4.01. The van der Waals surface area contributed by atoms with E-state index in [1.807, 2.05) is 18.2 Å². The van der Waals surface area contributed by atoms with E-state index in [1.165, 1.54) is 19.2 Å². The molecule has 6 nitrogen and oxygen atoms in total. The van der Waals surface area contributed by atoms with Crippen molar-refractivity contribution in [2.75, 3.05) is 12.4 Å². The molecule has 0 heterocycles. The van der Waals surface area contributed by atoms with Gasteiger partial charge in [-0.1, -0.05) is 30.3 Å². The van der Waals surface area contributed by atoms with E-state index in [0.717, 1.165) is 5.56 Å². The smallest absolute Gasteiger partial charge is 0.342 e. The van der Waals surface area contributed by atoms with E-state index >= 15 is 0 Å². The number of aromatic hydroxyl groups is 1. The van der Waals surface area contributed by atoms with Gasteiger partial charge in [-0.3, -0.25) is 4.79 Å². The minimum Gasteiger partial charge on any atom is -0.507 e. The third-order valence-electron chi connectivity index (χ3n) is 4.04. The van der Waals surface area contributed by atoms with Gasteiger partial charge in [-0.05, 0) is 42.0 Å². The molecule has 0 aliphatic rings. The van der Waals surface area contributed by atoms with Crippen LogP contribution in [0.2, 0.25) is 0 Å². The van der Waals surface area contributed by atoms with Gasteiger partial charge in [0, 0.05) is 17.3 Å². The quantitative estimate of drug-likeness (QED) is 0.634. The molecule has 0 aliphatic carbocycles. The topological polar surface area (TPSA) is 84.9 Å². The Kier molecular flexibility index (Phi) is 5.91. The van der Waals surface area contributed by atoms with E-state index in [1.54, 1.807) is 42.5 Å². The third kappa shape index (κ3) is 4.67. The highest BCUT2D eigenvalue weighted by Crippen LogP contribution is 2.24. The molecular formula is C22H19NO5. The Morgan fingerprint density at radius 1 is 0.964 bits per heavy atom. The molecular weight excluding hydrogens is 358 g/mol. The Hall–Kier alpha value is -3.80. The molecule has 1 amide bonds. The Labute approximate surface area is 162 Å². The van der Waals surface area contributed by atoms with Gasteiger partial charge in [0.25, 0.3) is 5.91 Å². The Morgan fingerprint density at radius 2 is 1.68 bits per heavy atom. The number of benzene rings is 3. The van der Waals surface area contributed by atoms with Crippen molar-refractivity contribution in [1.82, 2.24) is 0 Å². The lowest BCUT2D eigenvalue weighted by molar-refractivity contribution is 0.0469. The summed E-state index contributed by atoms with van der Waals surface area (Å²) >= 11 is 0. The predicted molar refractivity (Wildman–Crippen MR) is 105 cm³/mol. The molecule has 3 rings (SSSR count). The van der Waals surface area contributed by atoms with Crippen LogP contribution in [0.25, 0.3) is 0 Å². The van der Waals surface area contributed by atoms with Gasteiger partial charge >= 0.3 is 5.97 Å². The molecule has 0 aromatic heterocycles. The van der Waals surface area contributed by atoms with Gasteiger partial charge in [0.1, 0.15) is 23.7 Å². The molecule has 0 aliphatic heterocycles. The van der Waals surface area contributed by atoms with Crippen LogP contribution in [-0.4, -0.2) is 24.1 Å². The van der Waals surface area contributed by atoms with Gasteiger partial charge in [-0.2, -0.15) is 0 Å². The van der Waals surface area contributed by atoms with Gasteiger partial charge in [0.2, 0.25) is 0 Å². The Balaban J connectivity index is 1.58. The molecule has 3 aromatic carbocycles. The SMILES string of the molecule is COc1ccc(C(=O)OCc2ccc(C(=O)Nc3ccccc3)cc2)c(O)c1. The number of hydrogen-bond donors (Lipinski definition) is 2. The van der Waals surface area contributed by atoms with Gasteiger partial charge in [0.05, 0.1) is 7.11 Å². The van der Waals surface area contributed by atoms with Crippen LogP contribution < -0.4 is 10.1 Å². The van der Waals surface area contributed by atoms with Gasteiger partial charge in [-0.15, -0.1) is 0 Å². The minimum atomic E-state index is -0.647. The fourth-order valence-corrected chi connectivity index (χ4v) is 2.51. The summed E-state index contributed by atoms with van der Waals surface area (Å²) in [7, 11) is 1.47. The number of carbonyl (C=O) groups excluding carboxylic acids is 2. The molecule has 0 saturated heterocycles. The van der Waals surface area contributed by atoms with Crippen molar-refractivity contribution in [2.45, 2.75) is 6.61 Å². The number of ether oxygens (including phenoxy) is 2. The maximum Gasteiger partial charge on any atom is 0.342 e. The third-order valence-corrected chi connectivity index (χ3v) is 4.04. The molecule has 28 heavy (non-hydrogen) atoms. The number of phenolic OH excluding ortho intramolecular Hbond substituents is 1. The summed E-state index contributed by atoms with van der Waals surface area (Å²) in [5.74, 6) is -0.639.